The number of fused-ring (bicyclic) bond motifs is 1. The van der Waals surface area contributed by atoms with E-state index in [1.807, 2.05) is 12.1 Å². The van der Waals surface area contributed by atoms with Crippen LogP contribution < -0.4 is 5.32 Å². The minimum Gasteiger partial charge on any atom is -0.469 e. The van der Waals surface area contributed by atoms with Gasteiger partial charge in [-0.3, -0.25) is 9.89 Å². The Kier molecular flexibility index (Phi) is 3.82. The van der Waals surface area contributed by atoms with E-state index >= 15 is 0 Å². The van der Waals surface area contributed by atoms with Crippen LogP contribution in [0.2, 0.25) is 0 Å². The molecule has 5 nitrogen and oxygen atoms in total. The Morgan fingerprint density at radius 2 is 2.43 bits per heavy atom. The van der Waals surface area contributed by atoms with Crippen molar-refractivity contribution in [3.05, 3.63) is 41.1 Å². The fourth-order valence-corrected chi connectivity index (χ4v) is 2.89. The third-order valence-corrected chi connectivity index (χ3v) is 3.85. The fourth-order valence-electron chi connectivity index (χ4n) is 2.89. The molecule has 2 aromatic heterocycles. The van der Waals surface area contributed by atoms with Crippen LogP contribution in [0.25, 0.3) is 0 Å². The second kappa shape index (κ2) is 5.76. The minimum atomic E-state index is -0.125. The second-order valence-electron chi connectivity index (χ2n) is 6.09. The average Bonchev–Trinajstić information content (AvgIpc) is 3.07. The molecule has 0 saturated carbocycles. The molecule has 0 saturated heterocycles. The average molecular weight is 287 g/mol. The first-order valence-electron chi connectivity index (χ1n) is 7.55. The molecular weight excluding hydrogens is 266 g/mol. The van der Waals surface area contributed by atoms with Gasteiger partial charge < -0.3 is 9.73 Å². The lowest BCUT2D eigenvalue weighted by atomic mass is 9.93. The summed E-state index contributed by atoms with van der Waals surface area (Å²) >= 11 is 0. The van der Waals surface area contributed by atoms with E-state index in [-0.39, 0.29) is 11.9 Å². The van der Waals surface area contributed by atoms with Gasteiger partial charge in [0, 0.05) is 17.7 Å². The van der Waals surface area contributed by atoms with E-state index in [0.29, 0.717) is 11.6 Å². The summed E-state index contributed by atoms with van der Waals surface area (Å²) in [7, 11) is 0. The Labute approximate surface area is 124 Å². The van der Waals surface area contributed by atoms with Crippen molar-refractivity contribution in [2.75, 3.05) is 0 Å². The van der Waals surface area contributed by atoms with Gasteiger partial charge in [-0.05, 0) is 37.3 Å². The Hall–Kier alpha value is -2.04. The molecular formula is C16H21N3O2. The highest BCUT2D eigenvalue weighted by Crippen LogP contribution is 2.30. The standard InChI is InChI=1S/C16H21N3O2/c1-10(2)8-11-9-14(19-18-11)16(20)17-13-4-3-5-15-12(13)6-7-21-15/h6-7,9-10,13H,3-5,8H2,1-2H3,(H,17,20)(H,18,19)/t13-/m0/s1. The first-order valence-corrected chi connectivity index (χ1v) is 7.55. The number of H-pyrrole nitrogens is 1. The molecule has 2 aromatic rings. The number of carbonyl (C=O) groups is 1. The zero-order valence-corrected chi connectivity index (χ0v) is 12.5. The van der Waals surface area contributed by atoms with Crippen LogP contribution in [-0.2, 0) is 12.8 Å². The fraction of sp³-hybridized carbons (Fsp3) is 0.500. The van der Waals surface area contributed by atoms with Crippen molar-refractivity contribution < 1.29 is 9.21 Å². The van der Waals surface area contributed by atoms with Gasteiger partial charge in [0.2, 0.25) is 0 Å². The molecule has 0 bridgehead atoms. The second-order valence-corrected chi connectivity index (χ2v) is 6.09. The van der Waals surface area contributed by atoms with Gasteiger partial charge in [0.05, 0.1) is 12.3 Å². The van der Waals surface area contributed by atoms with Crippen LogP contribution in [0.15, 0.2) is 22.8 Å². The summed E-state index contributed by atoms with van der Waals surface area (Å²) in [5.41, 5.74) is 2.57. The quantitative estimate of drug-likeness (QED) is 0.908. The number of amides is 1. The molecule has 1 amide bonds. The molecule has 1 aliphatic rings. The molecule has 0 spiro atoms. The van der Waals surface area contributed by atoms with E-state index < -0.39 is 0 Å². The first kappa shape index (κ1) is 13.9. The van der Waals surface area contributed by atoms with Crippen LogP contribution in [0.5, 0.6) is 0 Å². The molecule has 0 fully saturated rings. The van der Waals surface area contributed by atoms with E-state index in [4.69, 9.17) is 4.42 Å². The molecule has 2 heterocycles. The Morgan fingerprint density at radius 1 is 1.57 bits per heavy atom. The summed E-state index contributed by atoms with van der Waals surface area (Å²) in [5, 5.41) is 10.1. The number of rotatable bonds is 4. The van der Waals surface area contributed by atoms with Crippen LogP contribution in [0.1, 0.15) is 60.2 Å². The van der Waals surface area contributed by atoms with Crippen molar-refractivity contribution >= 4 is 5.91 Å². The van der Waals surface area contributed by atoms with Crippen molar-refractivity contribution in [1.29, 1.82) is 0 Å². The predicted molar refractivity (Wildman–Crippen MR) is 79.0 cm³/mol. The van der Waals surface area contributed by atoms with E-state index in [9.17, 15) is 4.79 Å². The van der Waals surface area contributed by atoms with Gasteiger partial charge in [0.15, 0.2) is 0 Å². The van der Waals surface area contributed by atoms with Gasteiger partial charge in [-0.1, -0.05) is 13.8 Å². The number of nitrogens with one attached hydrogen (secondary N) is 2. The molecule has 5 heteroatoms. The third-order valence-electron chi connectivity index (χ3n) is 3.85. The van der Waals surface area contributed by atoms with E-state index in [0.717, 1.165) is 42.7 Å². The van der Waals surface area contributed by atoms with E-state index in [1.165, 1.54) is 0 Å². The van der Waals surface area contributed by atoms with Crippen LogP contribution >= 0.6 is 0 Å². The summed E-state index contributed by atoms with van der Waals surface area (Å²) in [6, 6.07) is 3.83. The first-order chi connectivity index (χ1) is 10.1. The normalized spacial score (nSPS) is 17.8. The Bertz CT molecular complexity index is 627. The van der Waals surface area contributed by atoms with Crippen LogP contribution in [0, 0.1) is 5.92 Å². The highest BCUT2D eigenvalue weighted by Gasteiger charge is 2.25. The van der Waals surface area contributed by atoms with Crippen molar-refractivity contribution in [2.24, 2.45) is 5.92 Å². The molecule has 3 rings (SSSR count). The van der Waals surface area contributed by atoms with Gasteiger partial charge >= 0.3 is 0 Å². The zero-order chi connectivity index (χ0) is 14.8. The van der Waals surface area contributed by atoms with E-state index in [2.05, 4.69) is 29.4 Å². The van der Waals surface area contributed by atoms with Gasteiger partial charge in [-0.25, -0.2) is 0 Å². The number of carbonyl (C=O) groups excluding carboxylic acids is 1. The molecule has 21 heavy (non-hydrogen) atoms. The number of aromatic amines is 1. The predicted octanol–water partition coefficient (Wildman–Crippen LogP) is 3.01. The van der Waals surface area contributed by atoms with Gasteiger partial charge in [0.1, 0.15) is 11.5 Å². The van der Waals surface area contributed by atoms with Gasteiger partial charge in [-0.15, -0.1) is 0 Å². The molecule has 112 valence electrons. The summed E-state index contributed by atoms with van der Waals surface area (Å²) in [6.45, 7) is 4.28. The summed E-state index contributed by atoms with van der Waals surface area (Å²) < 4.78 is 5.45. The molecule has 1 aliphatic carbocycles. The number of furan rings is 1. The number of hydrogen-bond acceptors (Lipinski definition) is 3. The molecule has 1 atom stereocenters. The lowest BCUT2D eigenvalue weighted by Crippen LogP contribution is -2.30. The molecule has 0 unspecified atom stereocenters. The molecule has 2 N–H and O–H groups in total. The largest absolute Gasteiger partial charge is 0.469 e. The van der Waals surface area contributed by atoms with Crippen molar-refractivity contribution in [2.45, 2.75) is 45.6 Å². The van der Waals surface area contributed by atoms with Gasteiger partial charge in [-0.2, -0.15) is 5.10 Å². The Balaban J connectivity index is 1.69. The SMILES string of the molecule is CC(C)Cc1cc(C(=O)N[C@H]2CCCc3occc32)n[nH]1. The lowest BCUT2D eigenvalue weighted by Gasteiger charge is -2.22. The number of hydrogen-bond donors (Lipinski definition) is 2. The summed E-state index contributed by atoms with van der Waals surface area (Å²) in [6.07, 6.45) is 5.53. The van der Waals surface area contributed by atoms with Crippen LogP contribution in [0.3, 0.4) is 0 Å². The van der Waals surface area contributed by atoms with Gasteiger partial charge in [0.25, 0.3) is 5.91 Å². The maximum Gasteiger partial charge on any atom is 0.272 e. The molecule has 0 aliphatic heterocycles. The van der Waals surface area contributed by atoms with Crippen LogP contribution in [0.4, 0.5) is 0 Å². The number of aromatic nitrogens is 2. The molecule has 0 radical (unpaired) electrons. The minimum absolute atomic E-state index is 0.0326. The summed E-state index contributed by atoms with van der Waals surface area (Å²) in [4.78, 5) is 12.3. The Morgan fingerprint density at radius 3 is 3.24 bits per heavy atom. The van der Waals surface area contributed by atoms with Crippen molar-refractivity contribution in [1.82, 2.24) is 15.5 Å². The lowest BCUT2D eigenvalue weighted by molar-refractivity contribution is 0.0927. The van der Waals surface area contributed by atoms with Crippen molar-refractivity contribution in [3.63, 3.8) is 0 Å². The third kappa shape index (κ3) is 3.01. The zero-order valence-electron chi connectivity index (χ0n) is 12.5. The number of nitrogens with zero attached hydrogens (tertiary/aromatic N) is 1. The molecule has 0 aromatic carbocycles. The number of aryl methyl sites for hydroxylation is 1. The van der Waals surface area contributed by atoms with Crippen molar-refractivity contribution in [3.8, 4) is 0 Å². The highest BCUT2D eigenvalue weighted by atomic mass is 16.3. The van der Waals surface area contributed by atoms with E-state index in [1.54, 1.807) is 6.26 Å². The summed E-state index contributed by atoms with van der Waals surface area (Å²) in [5.74, 6) is 1.41. The maximum atomic E-state index is 12.3. The monoisotopic (exact) mass is 287 g/mol. The maximum absolute atomic E-state index is 12.3. The topological polar surface area (TPSA) is 70.9 Å². The highest BCUT2D eigenvalue weighted by molar-refractivity contribution is 5.92. The smallest absolute Gasteiger partial charge is 0.272 e. The van der Waals surface area contributed by atoms with Crippen LogP contribution in [-0.4, -0.2) is 16.1 Å².